The fourth-order valence-electron chi connectivity index (χ4n) is 3.45. The molecular formula is C20H20F3I. The number of hydrogen-bond donors (Lipinski definition) is 0. The lowest BCUT2D eigenvalue weighted by Crippen LogP contribution is -2.14. The van der Waals surface area contributed by atoms with Crippen molar-refractivity contribution in [2.24, 2.45) is 5.92 Å². The van der Waals surface area contributed by atoms with Crippen molar-refractivity contribution in [2.45, 2.75) is 37.8 Å². The first-order valence-electron chi connectivity index (χ1n) is 8.31. The fourth-order valence-corrected chi connectivity index (χ4v) is 4.33. The molecule has 2 aromatic carbocycles. The Bertz CT molecular complexity index is 651. The van der Waals surface area contributed by atoms with Crippen molar-refractivity contribution in [3.63, 3.8) is 0 Å². The van der Waals surface area contributed by atoms with Crippen LogP contribution in [0.1, 0.15) is 42.7 Å². The number of alkyl halides is 4. The summed E-state index contributed by atoms with van der Waals surface area (Å²) in [5, 5.41) is 0. The molecule has 0 N–H and O–H groups in total. The van der Waals surface area contributed by atoms with E-state index in [0.29, 0.717) is 5.92 Å². The maximum Gasteiger partial charge on any atom is 0.416 e. The average Bonchev–Trinajstić information content (AvgIpc) is 2.61. The third-order valence-corrected chi connectivity index (χ3v) is 6.24. The zero-order valence-corrected chi connectivity index (χ0v) is 15.5. The van der Waals surface area contributed by atoms with E-state index in [9.17, 15) is 13.2 Å². The summed E-state index contributed by atoms with van der Waals surface area (Å²) in [5.41, 5.74) is 2.55. The molecule has 24 heavy (non-hydrogen) atoms. The molecule has 1 saturated carbocycles. The molecule has 0 aliphatic heterocycles. The first kappa shape index (κ1) is 17.8. The SMILES string of the molecule is FC(F)(F)c1ccc(-c2ccc(C3CCC(CI)CC3)cc2)cc1. The summed E-state index contributed by atoms with van der Waals surface area (Å²) in [7, 11) is 0. The van der Waals surface area contributed by atoms with Gasteiger partial charge in [-0.15, -0.1) is 0 Å². The molecule has 0 bridgehead atoms. The van der Waals surface area contributed by atoms with Crippen molar-refractivity contribution in [3.8, 4) is 11.1 Å². The molecule has 0 aromatic heterocycles. The van der Waals surface area contributed by atoms with Gasteiger partial charge in [0.05, 0.1) is 5.56 Å². The molecule has 1 aliphatic rings. The summed E-state index contributed by atoms with van der Waals surface area (Å²) in [6, 6.07) is 13.7. The van der Waals surface area contributed by atoms with Gasteiger partial charge < -0.3 is 0 Å². The summed E-state index contributed by atoms with van der Waals surface area (Å²) >= 11 is 2.48. The molecule has 0 radical (unpaired) electrons. The molecule has 0 heterocycles. The first-order valence-corrected chi connectivity index (χ1v) is 9.83. The highest BCUT2D eigenvalue weighted by Crippen LogP contribution is 2.37. The second kappa shape index (κ2) is 7.46. The van der Waals surface area contributed by atoms with E-state index in [2.05, 4.69) is 34.7 Å². The van der Waals surface area contributed by atoms with Gasteiger partial charge in [-0.05, 0) is 66.3 Å². The predicted molar refractivity (Wildman–Crippen MR) is 100 cm³/mol. The van der Waals surface area contributed by atoms with Crippen molar-refractivity contribution < 1.29 is 13.2 Å². The Kier molecular flexibility index (Phi) is 5.52. The number of halogens is 4. The van der Waals surface area contributed by atoms with Gasteiger partial charge in [0.15, 0.2) is 0 Å². The molecule has 4 heteroatoms. The zero-order valence-electron chi connectivity index (χ0n) is 13.3. The molecule has 0 spiro atoms. The van der Waals surface area contributed by atoms with E-state index in [4.69, 9.17) is 0 Å². The summed E-state index contributed by atoms with van der Waals surface area (Å²) < 4.78 is 39.1. The first-order chi connectivity index (χ1) is 11.5. The Hall–Kier alpha value is -1.04. The molecule has 0 saturated heterocycles. The monoisotopic (exact) mass is 444 g/mol. The van der Waals surface area contributed by atoms with Crippen LogP contribution in [0, 0.1) is 5.92 Å². The van der Waals surface area contributed by atoms with Crippen molar-refractivity contribution in [1.82, 2.24) is 0 Å². The van der Waals surface area contributed by atoms with Gasteiger partial charge in [-0.25, -0.2) is 0 Å². The standard InChI is InChI=1S/C20H20F3I/c21-20(22,23)19-11-9-18(10-12-19)17-7-5-16(6-8-17)15-3-1-14(13-24)2-4-15/h5-12,14-15H,1-4,13H2. The van der Waals surface area contributed by atoms with Crippen molar-refractivity contribution in [2.75, 3.05) is 4.43 Å². The average molecular weight is 444 g/mol. The van der Waals surface area contributed by atoms with Gasteiger partial charge >= 0.3 is 6.18 Å². The van der Waals surface area contributed by atoms with E-state index in [1.165, 1.54) is 35.7 Å². The molecule has 1 fully saturated rings. The quantitative estimate of drug-likeness (QED) is 0.351. The fraction of sp³-hybridized carbons (Fsp3) is 0.400. The van der Waals surface area contributed by atoms with Gasteiger partial charge in [0.2, 0.25) is 0 Å². The summed E-state index contributed by atoms with van der Waals surface area (Å²) in [6.07, 6.45) is 0.808. The summed E-state index contributed by atoms with van der Waals surface area (Å²) in [6.45, 7) is 0. The predicted octanol–water partition coefficient (Wildman–Crippen LogP) is 7.08. The third kappa shape index (κ3) is 4.13. The lowest BCUT2D eigenvalue weighted by Gasteiger charge is -2.27. The van der Waals surface area contributed by atoms with Crippen LogP contribution in [0.3, 0.4) is 0 Å². The minimum Gasteiger partial charge on any atom is -0.166 e. The highest BCUT2D eigenvalue weighted by molar-refractivity contribution is 14.1. The van der Waals surface area contributed by atoms with E-state index >= 15 is 0 Å². The third-order valence-electron chi connectivity index (χ3n) is 4.99. The molecular weight excluding hydrogens is 424 g/mol. The molecule has 0 unspecified atom stereocenters. The van der Waals surface area contributed by atoms with Crippen LogP contribution >= 0.6 is 22.6 Å². The second-order valence-corrected chi connectivity index (χ2v) is 7.45. The lowest BCUT2D eigenvalue weighted by molar-refractivity contribution is -0.137. The zero-order chi connectivity index (χ0) is 17.2. The Morgan fingerprint density at radius 3 is 1.75 bits per heavy atom. The number of rotatable bonds is 3. The Balaban J connectivity index is 1.70. The maximum atomic E-state index is 12.6. The van der Waals surface area contributed by atoms with Crippen LogP contribution in [0.2, 0.25) is 0 Å². The maximum absolute atomic E-state index is 12.6. The summed E-state index contributed by atoms with van der Waals surface area (Å²) in [5.74, 6) is 1.50. The van der Waals surface area contributed by atoms with Crippen molar-refractivity contribution >= 4 is 22.6 Å². The number of benzene rings is 2. The normalized spacial score (nSPS) is 21.7. The molecule has 0 nitrogen and oxygen atoms in total. The van der Waals surface area contributed by atoms with Crippen molar-refractivity contribution in [1.29, 1.82) is 0 Å². The van der Waals surface area contributed by atoms with Crippen LogP contribution in [-0.4, -0.2) is 4.43 Å². The van der Waals surface area contributed by atoms with Crippen LogP contribution in [0.15, 0.2) is 48.5 Å². The number of hydrogen-bond acceptors (Lipinski definition) is 0. The highest BCUT2D eigenvalue weighted by atomic mass is 127. The van der Waals surface area contributed by atoms with Gasteiger partial charge in [-0.3, -0.25) is 0 Å². The van der Waals surface area contributed by atoms with E-state index in [1.807, 2.05) is 12.1 Å². The smallest absolute Gasteiger partial charge is 0.166 e. The molecule has 0 atom stereocenters. The van der Waals surface area contributed by atoms with Crippen LogP contribution in [0.25, 0.3) is 11.1 Å². The largest absolute Gasteiger partial charge is 0.416 e. The van der Waals surface area contributed by atoms with Crippen LogP contribution < -0.4 is 0 Å². The van der Waals surface area contributed by atoms with Gasteiger partial charge in [0.1, 0.15) is 0 Å². The van der Waals surface area contributed by atoms with Gasteiger partial charge in [-0.2, -0.15) is 13.2 Å². The molecule has 1 aliphatic carbocycles. The topological polar surface area (TPSA) is 0 Å². The summed E-state index contributed by atoms with van der Waals surface area (Å²) in [4.78, 5) is 0. The molecule has 3 rings (SSSR count). The van der Waals surface area contributed by atoms with E-state index in [-0.39, 0.29) is 0 Å². The second-order valence-electron chi connectivity index (χ2n) is 6.57. The van der Waals surface area contributed by atoms with Crippen molar-refractivity contribution in [3.05, 3.63) is 59.7 Å². The highest BCUT2D eigenvalue weighted by Gasteiger charge is 2.30. The Morgan fingerprint density at radius 2 is 1.29 bits per heavy atom. The van der Waals surface area contributed by atoms with Gasteiger partial charge in [0, 0.05) is 4.43 Å². The van der Waals surface area contributed by atoms with Crippen LogP contribution in [-0.2, 0) is 6.18 Å². The minimum absolute atomic E-state index is 0.602. The van der Waals surface area contributed by atoms with Gasteiger partial charge in [0.25, 0.3) is 0 Å². The van der Waals surface area contributed by atoms with Gasteiger partial charge in [-0.1, -0.05) is 59.0 Å². The molecule has 2 aromatic rings. The Morgan fingerprint density at radius 1 is 0.792 bits per heavy atom. The minimum atomic E-state index is -4.28. The molecule has 0 amide bonds. The molecule has 128 valence electrons. The van der Waals surface area contributed by atoms with Crippen LogP contribution in [0.4, 0.5) is 13.2 Å². The van der Waals surface area contributed by atoms with Crippen LogP contribution in [0.5, 0.6) is 0 Å². The van der Waals surface area contributed by atoms with E-state index in [1.54, 1.807) is 12.1 Å². The van der Waals surface area contributed by atoms with E-state index < -0.39 is 11.7 Å². The lowest BCUT2D eigenvalue weighted by atomic mass is 9.79. The Labute approximate surface area is 154 Å². The van der Waals surface area contributed by atoms with E-state index in [0.717, 1.165) is 29.2 Å².